The zero-order valence-corrected chi connectivity index (χ0v) is 10.7. The first-order valence-corrected chi connectivity index (χ1v) is 5.62. The van der Waals surface area contributed by atoms with Crippen LogP contribution < -0.4 is 5.56 Å². The number of halogens is 2. The van der Waals surface area contributed by atoms with Gasteiger partial charge in [0.2, 0.25) is 0 Å². The molecular formula is C9H8BrClN4O. The lowest BCUT2D eigenvalue weighted by atomic mass is 10.5. The first-order valence-electron chi connectivity index (χ1n) is 4.45. The topological polar surface area (TPSA) is 52.7 Å². The minimum atomic E-state index is -0.144. The van der Waals surface area contributed by atoms with E-state index in [1.807, 2.05) is 0 Å². The van der Waals surface area contributed by atoms with Crippen LogP contribution in [-0.4, -0.2) is 19.1 Å². The highest BCUT2D eigenvalue weighted by atomic mass is 79.9. The van der Waals surface area contributed by atoms with Crippen LogP contribution in [0.4, 0.5) is 0 Å². The van der Waals surface area contributed by atoms with Crippen molar-refractivity contribution in [2.24, 2.45) is 7.05 Å². The summed E-state index contributed by atoms with van der Waals surface area (Å²) < 4.78 is 3.60. The van der Waals surface area contributed by atoms with Crippen LogP contribution in [-0.2, 0) is 13.6 Å². The second-order valence-corrected chi connectivity index (χ2v) is 4.47. The summed E-state index contributed by atoms with van der Waals surface area (Å²) >= 11 is 8.99. The van der Waals surface area contributed by atoms with Crippen molar-refractivity contribution in [3.05, 3.63) is 44.5 Å². The molecule has 2 aromatic rings. The Labute approximate surface area is 105 Å². The second-order valence-electron chi connectivity index (χ2n) is 3.23. The number of hydrogen-bond donors (Lipinski definition) is 0. The number of aromatic nitrogens is 4. The third-order valence-corrected chi connectivity index (χ3v) is 3.09. The largest absolute Gasteiger partial charge is 0.321 e. The third kappa shape index (κ3) is 2.03. The van der Waals surface area contributed by atoms with Crippen LogP contribution in [0.2, 0.25) is 5.15 Å². The molecule has 0 fully saturated rings. The van der Waals surface area contributed by atoms with E-state index < -0.39 is 0 Å². The Morgan fingerprint density at radius 3 is 2.88 bits per heavy atom. The van der Waals surface area contributed by atoms with E-state index in [9.17, 15) is 4.79 Å². The van der Waals surface area contributed by atoms with Gasteiger partial charge in [0.05, 0.1) is 19.1 Å². The maximum Gasteiger partial charge on any atom is 0.268 e. The summed E-state index contributed by atoms with van der Waals surface area (Å²) in [6.07, 6.45) is 4.48. The van der Waals surface area contributed by atoms with Gasteiger partial charge < -0.3 is 4.57 Å². The van der Waals surface area contributed by atoms with Crippen molar-refractivity contribution in [2.45, 2.75) is 6.54 Å². The molecule has 2 aromatic heterocycles. The molecule has 0 spiro atoms. The molecule has 2 rings (SSSR count). The average molecular weight is 304 g/mol. The molecule has 0 aliphatic rings. The molecule has 0 amide bonds. The van der Waals surface area contributed by atoms with Crippen molar-refractivity contribution >= 4 is 27.5 Å². The molecule has 0 bridgehead atoms. The summed E-state index contributed by atoms with van der Waals surface area (Å²) in [6, 6.07) is 0. The summed E-state index contributed by atoms with van der Waals surface area (Å²) in [5.41, 5.74) is -0.144. The van der Waals surface area contributed by atoms with Crippen LogP contribution in [0, 0.1) is 0 Å². The highest BCUT2D eigenvalue weighted by Gasteiger charge is 2.07. The smallest absolute Gasteiger partial charge is 0.268 e. The number of rotatable bonds is 2. The maximum absolute atomic E-state index is 11.7. The molecule has 0 aliphatic heterocycles. The van der Waals surface area contributed by atoms with Crippen LogP contribution in [0.5, 0.6) is 0 Å². The zero-order chi connectivity index (χ0) is 11.7. The van der Waals surface area contributed by atoms with Gasteiger partial charge in [-0.2, -0.15) is 0 Å². The van der Waals surface area contributed by atoms with Gasteiger partial charge in [-0.1, -0.05) is 11.6 Å². The van der Waals surface area contributed by atoms with E-state index in [0.717, 1.165) is 0 Å². The van der Waals surface area contributed by atoms with E-state index >= 15 is 0 Å². The molecule has 0 radical (unpaired) electrons. The zero-order valence-electron chi connectivity index (χ0n) is 8.39. The number of imidazole rings is 1. The predicted octanol–water partition coefficient (Wildman–Crippen LogP) is 1.44. The Morgan fingerprint density at radius 2 is 2.25 bits per heavy atom. The maximum atomic E-state index is 11.7. The van der Waals surface area contributed by atoms with Crippen molar-refractivity contribution in [1.29, 1.82) is 0 Å². The highest BCUT2D eigenvalue weighted by molar-refractivity contribution is 9.10. The van der Waals surface area contributed by atoms with Crippen LogP contribution in [0.1, 0.15) is 5.82 Å². The molecule has 16 heavy (non-hydrogen) atoms. The van der Waals surface area contributed by atoms with Crippen molar-refractivity contribution in [3.63, 3.8) is 0 Å². The fourth-order valence-electron chi connectivity index (χ4n) is 1.26. The molecule has 84 valence electrons. The summed E-state index contributed by atoms with van der Waals surface area (Å²) in [7, 11) is 1.79. The second kappa shape index (κ2) is 4.39. The minimum absolute atomic E-state index is 0.144. The summed E-state index contributed by atoms with van der Waals surface area (Å²) in [5, 5.41) is 0.533. The molecule has 5 nitrogen and oxygen atoms in total. The summed E-state index contributed by atoms with van der Waals surface area (Å²) in [5.74, 6) is 0.701. The normalized spacial score (nSPS) is 10.7. The molecule has 0 unspecified atom stereocenters. The highest BCUT2D eigenvalue weighted by Crippen LogP contribution is 2.09. The summed E-state index contributed by atoms with van der Waals surface area (Å²) in [6.45, 7) is 0.342. The molecule has 0 saturated carbocycles. The first kappa shape index (κ1) is 11.3. The SMILES string of the molecule is Cn1c(Cl)cnc1Cn1cncc(Br)c1=O. The third-order valence-electron chi connectivity index (χ3n) is 2.20. The molecular weight excluding hydrogens is 295 g/mol. The Balaban J connectivity index is 2.38. The Kier molecular flexibility index (Phi) is 3.11. The van der Waals surface area contributed by atoms with Gasteiger partial charge >= 0.3 is 0 Å². The van der Waals surface area contributed by atoms with E-state index in [1.165, 1.54) is 17.1 Å². The van der Waals surface area contributed by atoms with Gasteiger partial charge in [0.1, 0.15) is 15.5 Å². The molecule has 7 heteroatoms. The van der Waals surface area contributed by atoms with Crippen LogP contribution in [0.15, 0.2) is 28.0 Å². The Morgan fingerprint density at radius 1 is 1.50 bits per heavy atom. The number of nitrogens with zero attached hydrogens (tertiary/aromatic N) is 4. The molecule has 2 heterocycles. The average Bonchev–Trinajstić information content (AvgIpc) is 2.57. The number of hydrogen-bond acceptors (Lipinski definition) is 3. The van der Waals surface area contributed by atoms with Gasteiger partial charge in [0.25, 0.3) is 5.56 Å². The van der Waals surface area contributed by atoms with E-state index in [-0.39, 0.29) is 5.56 Å². The van der Waals surface area contributed by atoms with E-state index in [1.54, 1.807) is 17.8 Å². The molecule has 0 aliphatic carbocycles. The predicted molar refractivity (Wildman–Crippen MR) is 63.5 cm³/mol. The Hall–Kier alpha value is -1.14. The monoisotopic (exact) mass is 302 g/mol. The van der Waals surface area contributed by atoms with E-state index in [2.05, 4.69) is 25.9 Å². The lowest BCUT2D eigenvalue weighted by Crippen LogP contribution is -2.22. The fourth-order valence-corrected chi connectivity index (χ4v) is 1.75. The molecule has 0 aromatic carbocycles. The first-order chi connectivity index (χ1) is 7.59. The lowest BCUT2D eigenvalue weighted by Gasteiger charge is -2.05. The van der Waals surface area contributed by atoms with Crippen molar-refractivity contribution in [1.82, 2.24) is 19.1 Å². The molecule has 0 N–H and O–H groups in total. The van der Waals surface area contributed by atoms with Crippen molar-refractivity contribution in [3.8, 4) is 0 Å². The van der Waals surface area contributed by atoms with Gasteiger partial charge in [-0.05, 0) is 15.9 Å². The van der Waals surface area contributed by atoms with Crippen LogP contribution in [0.25, 0.3) is 0 Å². The summed E-state index contributed by atoms with van der Waals surface area (Å²) in [4.78, 5) is 19.7. The minimum Gasteiger partial charge on any atom is -0.321 e. The van der Waals surface area contributed by atoms with Crippen LogP contribution >= 0.6 is 27.5 Å². The van der Waals surface area contributed by atoms with Gasteiger partial charge in [0.15, 0.2) is 0 Å². The van der Waals surface area contributed by atoms with Crippen molar-refractivity contribution in [2.75, 3.05) is 0 Å². The molecule has 0 atom stereocenters. The van der Waals surface area contributed by atoms with Gasteiger partial charge in [-0.25, -0.2) is 9.97 Å². The Bertz CT molecular complexity index is 577. The van der Waals surface area contributed by atoms with Gasteiger partial charge in [-0.15, -0.1) is 0 Å². The van der Waals surface area contributed by atoms with E-state index in [4.69, 9.17) is 11.6 Å². The van der Waals surface area contributed by atoms with Crippen molar-refractivity contribution < 1.29 is 0 Å². The quantitative estimate of drug-likeness (QED) is 0.843. The fraction of sp³-hybridized carbons (Fsp3) is 0.222. The van der Waals surface area contributed by atoms with E-state index in [0.29, 0.717) is 22.0 Å². The standard InChI is InChI=1S/C9H8BrClN4O/c1-14-7(11)3-13-8(14)4-15-5-12-2-6(10)9(15)16/h2-3,5H,4H2,1H3. The van der Waals surface area contributed by atoms with Gasteiger partial charge in [-0.3, -0.25) is 9.36 Å². The van der Waals surface area contributed by atoms with Gasteiger partial charge in [0, 0.05) is 13.2 Å². The molecule has 0 saturated heterocycles. The van der Waals surface area contributed by atoms with Crippen LogP contribution in [0.3, 0.4) is 0 Å². The lowest BCUT2D eigenvalue weighted by molar-refractivity contribution is 0.663.